The molecule has 0 aromatic rings. The first-order chi connectivity index (χ1) is 5.37. The van der Waals surface area contributed by atoms with Crippen molar-refractivity contribution in [1.29, 1.82) is 5.26 Å². The van der Waals surface area contributed by atoms with Gasteiger partial charge in [0.15, 0.2) is 0 Å². The lowest BCUT2D eigenvalue weighted by molar-refractivity contribution is -0.0302. The average molecular weight is 169 g/mol. The summed E-state index contributed by atoms with van der Waals surface area (Å²) < 4.78 is 0. The summed E-state index contributed by atoms with van der Waals surface area (Å²) in [6, 6.07) is 2.14. The van der Waals surface area contributed by atoms with Gasteiger partial charge in [-0.1, -0.05) is 19.8 Å². The molecule has 0 aromatic carbocycles. The van der Waals surface area contributed by atoms with Gasteiger partial charge in [-0.25, -0.2) is 0 Å². The van der Waals surface area contributed by atoms with Gasteiger partial charge in [0, 0.05) is 0 Å². The molecule has 0 aliphatic heterocycles. The van der Waals surface area contributed by atoms with Gasteiger partial charge in [0.1, 0.15) is 0 Å². The average Bonchev–Trinajstić information content (AvgIpc) is 2.00. The van der Waals surface area contributed by atoms with Crippen molar-refractivity contribution in [3.63, 3.8) is 0 Å². The summed E-state index contributed by atoms with van der Waals surface area (Å²) in [4.78, 5) is 0. The van der Waals surface area contributed by atoms with Crippen molar-refractivity contribution in [1.82, 2.24) is 0 Å². The SMILES string of the molecule is CCCCC(C)(O)C(C)(C)C#N. The molecule has 70 valence electrons. The van der Waals surface area contributed by atoms with E-state index in [1.54, 1.807) is 20.8 Å². The molecule has 0 heterocycles. The molecule has 0 aliphatic rings. The van der Waals surface area contributed by atoms with Crippen LogP contribution in [-0.4, -0.2) is 10.7 Å². The van der Waals surface area contributed by atoms with Gasteiger partial charge < -0.3 is 5.11 Å². The Bertz CT molecular complexity index is 177. The Kier molecular flexibility index (Phi) is 3.73. The Morgan fingerprint density at radius 3 is 2.17 bits per heavy atom. The van der Waals surface area contributed by atoms with Crippen LogP contribution in [0, 0.1) is 16.7 Å². The minimum atomic E-state index is -0.863. The molecule has 0 saturated heterocycles. The fourth-order valence-corrected chi connectivity index (χ4v) is 0.954. The first-order valence-corrected chi connectivity index (χ1v) is 4.51. The maximum Gasteiger partial charge on any atom is 0.0801 e. The third-order valence-electron chi connectivity index (χ3n) is 2.64. The summed E-state index contributed by atoms with van der Waals surface area (Å²) in [6.45, 7) is 7.38. The van der Waals surface area contributed by atoms with Crippen molar-refractivity contribution >= 4 is 0 Å². The first-order valence-electron chi connectivity index (χ1n) is 4.51. The zero-order valence-electron chi connectivity index (χ0n) is 8.52. The molecular weight excluding hydrogens is 150 g/mol. The van der Waals surface area contributed by atoms with Crippen LogP contribution in [0.3, 0.4) is 0 Å². The largest absolute Gasteiger partial charge is 0.389 e. The zero-order chi connectivity index (χ0) is 9.83. The molecular formula is C10H19NO. The van der Waals surface area contributed by atoms with Gasteiger partial charge >= 0.3 is 0 Å². The van der Waals surface area contributed by atoms with E-state index in [1.807, 2.05) is 0 Å². The Morgan fingerprint density at radius 1 is 1.33 bits per heavy atom. The van der Waals surface area contributed by atoms with Crippen LogP contribution in [0.5, 0.6) is 0 Å². The molecule has 0 radical (unpaired) electrons. The monoisotopic (exact) mass is 169 g/mol. The van der Waals surface area contributed by atoms with Crippen LogP contribution < -0.4 is 0 Å². The minimum Gasteiger partial charge on any atom is -0.389 e. The highest BCUT2D eigenvalue weighted by Gasteiger charge is 2.38. The summed E-state index contributed by atoms with van der Waals surface area (Å²) in [7, 11) is 0. The maximum absolute atomic E-state index is 9.95. The second kappa shape index (κ2) is 3.91. The van der Waals surface area contributed by atoms with Gasteiger partial charge in [-0.2, -0.15) is 5.26 Å². The lowest BCUT2D eigenvalue weighted by Gasteiger charge is -2.34. The van der Waals surface area contributed by atoms with Gasteiger partial charge in [0.2, 0.25) is 0 Å². The van der Waals surface area contributed by atoms with Gasteiger partial charge in [-0.05, 0) is 27.2 Å². The quantitative estimate of drug-likeness (QED) is 0.702. The summed E-state index contributed by atoms with van der Waals surface area (Å²) in [5, 5.41) is 18.8. The predicted molar refractivity (Wildman–Crippen MR) is 49.5 cm³/mol. The van der Waals surface area contributed by atoms with E-state index >= 15 is 0 Å². The molecule has 0 aliphatic carbocycles. The summed E-state index contributed by atoms with van der Waals surface area (Å²) in [6.07, 6.45) is 2.72. The first kappa shape index (κ1) is 11.4. The van der Waals surface area contributed by atoms with Crippen molar-refractivity contribution in [3.05, 3.63) is 0 Å². The van der Waals surface area contributed by atoms with Crippen LogP contribution in [0.2, 0.25) is 0 Å². The second-order valence-corrected chi connectivity index (χ2v) is 4.11. The number of nitrogens with zero attached hydrogens (tertiary/aromatic N) is 1. The standard InChI is InChI=1S/C10H19NO/c1-5-6-7-10(4,12)9(2,3)8-11/h12H,5-7H2,1-4H3. The molecule has 2 nitrogen and oxygen atoms in total. The molecule has 0 fully saturated rings. The molecule has 0 bridgehead atoms. The van der Waals surface area contributed by atoms with Gasteiger partial charge in [-0.3, -0.25) is 0 Å². The number of nitriles is 1. The van der Waals surface area contributed by atoms with E-state index in [0.717, 1.165) is 12.8 Å². The highest BCUT2D eigenvalue weighted by Crippen LogP contribution is 2.33. The molecule has 0 aromatic heterocycles. The Balaban J connectivity index is 4.30. The third-order valence-corrected chi connectivity index (χ3v) is 2.64. The number of hydrogen-bond donors (Lipinski definition) is 1. The van der Waals surface area contributed by atoms with Crippen LogP contribution in [0.15, 0.2) is 0 Å². The van der Waals surface area contributed by atoms with Crippen LogP contribution in [-0.2, 0) is 0 Å². The highest BCUT2D eigenvalue weighted by atomic mass is 16.3. The molecule has 1 unspecified atom stereocenters. The van der Waals surface area contributed by atoms with E-state index in [1.165, 1.54) is 0 Å². The van der Waals surface area contributed by atoms with Crippen molar-refractivity contribution in [3.8, 4) is 6.07 Å². The Morgan fingerprint density at radius 2 is 1.83 bits per heavy atom. The second-order valence-electron chi connectivity index (χ2n) is 4.11. The van der Waals surface area contributed by atoms with E-state index in [0.29, 0.717) is 6.42 Å². The molecule has 12 heavy (non-hydrogen) atoms. The fourth-order valence-electron chi connectivity index (χ4n) is 0.954. The van der Waals surface area contributed by atoms with Gasteiger partial charge in [0.25, 0.3) is 0 Å². The summed E-state index contributed by atoms with van der Waals surface area (Å²) in [5.41, 5.74) is -1.51. The number of hydrogen-bond acceptors (Lipinski definition) is 2. The topological polar surface area (TPSA) is 44.0 Å². The summed E-state index contributed by atoms with van der Waals surface area (Å²) in [5.74, 6) is 0. The number of rotatable bonds is 4. The van der Waals surface area contributed by atoms with Crippen molar-refractivity contribution < 1.29 is 5.11 Å². The normalized spacial score (nSPS) is 16.7. The van der Waals surface area contributed by atoms with E-state index in [-0.39, 0.29) is 0 Å². The van der Waals surface area contributed by atoms with Crippen molar-refractivity contribution in [2.75, 3.05) is 0 Å². The highest BCUT2D eigenvalue weighted by molar-refractivity contribution is 5.04. The van der Waals surface area contributed by atoms with Crippen LogP contribution in [0.25, 0.3) is 0 Å². The molecule has 1 atom stereocenters. The van der Waals surface area contributed by atoms with Crippen LogP contribution in [0.4, 0.5) is 0 Å². The van der Waals surface area contributed by atoms with E-state index < -0.39 is 11.0 Å². The molecule has 0 rings (SSSR count). The summed E-state index contributed by atoms with van der Waals surface area (Å²) >= 11 is 0. The number of unbranched alkanes of at least 4 members (excludes halogenated alkanes) is 1. The smallest absolute Gasteiger partial charge is 0.0801 e. The van der Waals surface area contributed by atoms with Crippen LogP contribution in [0.1, 0.15) is 47.0 Å². The van der Waals surface area contributed by atoms with Crippen LogP contribution >= 0.6 is 0 Å². The molecule has 0 spiro atoms. The maximum atomic E-state index is 9.95. The molecule has 0 amide bonds. The Hall–Kier alpha value is -0.550. The van der Waals surface area contributed by atoms with Crippen molar-refractivity contribution in [2.45, 2.75) is 52.6 Å². The van der Waals surface area contributed by atoms with Gasteiger partial charge in [-0.15, -0.1) is 0 Å². The van der Waals surface area contributed by atoms with E-state index in [4.69, 9.17) is 5.26 Å². The van der Waals surface area contributed by atoms with Crippen molar-refractivity contribution in [2.24, 2.45) is 5.41 Å². The minimum absolute atomic E-state index is 0.651. The van der Waals surface area contributed by atoms with Gasteiger partial charge in [0.05, 0.1) is 17.1 Å². The zero-order valence-corrected chi connectivity index (χ0v) is 8.52. The van der Waals surface area contributed by atoms with E-state index in [9.17, 15) is 5.11 Å². The molecule has 1 N–H and O–H groups in total. The lowest BCUT2D eigenvalue weighted by Crippen LogP contribution is -2.40. The third kappa shape index (κ3) is 2.49. The molecule has 0 saturated carbocycles. The number of aliphatic hydroxyl groups is 1. The molecule has 2 heteroatoms. The van der Waals surface area contributed by atoms with E-state index in [2.05, 4.69) is 13.0 Å². The lowest BCUT2D eigenvalue weighted by atomic mass is 9.74. The Labute approximate surface area is 75.2 Å². The fraction of sp³-hybridized carbons (Fsp3) is 0.900. The predicted octanol–water partition coefficient (Wildman–Crippen LogP) is 2.48.